The van der Waals surface area contributed by atoms with E-state index >= 15 is 0 Å². The lowest BCUT2D eigenvalue weighted by Crippen LogP contribution is -2.33. The van der Waals surface area contributed by atoms with Crippen LogP contribution in [-0.2, 0) is 0 Å². The van der Waals surface area contributed by atoms with Gasteiger partial charge in [0.05, 0.1) is 0 Å². The Hall–Kier alpha value is -1.35. The number of nitrogens with zero attached hydrogens (tertiary/aromatic N) is 1. The zero-order valence-electron chi connectivity index (χ0n) is 11.8. The Labute approximate surface area is 115 Å². The van der Waals surface area contributed by atoms with Crippen molar-refractivity contribution in [3.8, 4) is 0 Å². The first kappa shape index (κ1) is 12.7. The van der Waals surface area contributed by atoms with Crippen LogP contribution < -0.4 is 5.32 Å². The van der Waals surface area contributed by atoms with E-state index in [1.54, 1.807) is 0 Å². The summed E-state index contributed by atoms with van der Waals surface area (Å²) in [6, 6.07) is 6.14. The van der Waals surface area contributed by atoms with E-state index in [9.17, 15) is 4.79 Å². The fourth-order valence-corrected chi connectivity index (χ4v) is 3.39. The van der Waals surface area contributed by atoms with Gasteiger partial charge < -0.3 is 10.2 Å². The van der Waals surface area contributed by atoms with Crippen LogP contribution in [0.15, 0.2) is 18.2 Å². The van der Waals surface area contributed by atoms with Crippen LogP contribution in [0.3, 0.4) is 0 Å². The standard InChI is InChI=1S/C16H22N2O/c1-12-3-4-13(2)14(9-12)15(19)18-8-6-16(11-18)5-7-17-10-16/h3-4,9,17H,5-8,10-11H2,1-2H3. The van der Waals surface area contributed by atoms with Crippen molar-refractivity contribution in [3.63, 3.8) is 0 Å². The molecule has 1 amide bonds. The quantitative estimate of drug-likeness (QED) is 0.837. The maximum Gasteiger partial charge on any atom is 0.254 e. The molecule has 3 nitrogen and oxygen atoms in total. The predicted octanol–water partition coefficient (Wildman–Crippen LogP) is 2.13. The molecule has 1 spiro atoms. The molecule has 1 unspecified atom stereocenters. The van der Waals surface area contributed by atoms with E-state index in [0.29, 0.717) is 5.41 Å². The van der Waals surface area contributed by atoms with Gasteiger partial charge in [-0.3, -0.25) is 4.79 Å². The Balaban J connectivity index is 1.79. The van der Waals surface area contributed by atoms with Gasteiger partial charge in [0.2, 0.25) is 0 Å². The van der Waals surface area contributed by atoms with Gasteiger partial charge in [-0.2, -0.15) is 0 Å². The van der Waals surface area contributed by atoms with Gasteiger partial charge in [0, 0.05) is 30.6 Å². The van der Waals surface area contributed by atoms with Crippen molar-refractivity contribution >= 4 is 5.91 Å². The average Bonchev–Trinajstić information content (AvgIpc) is 3.03. The molecule has 2 aliphatic heterocycles. The molecule has 2 fully saturated rings. The second-order valence-electron chi connectivity index (χ2n) is 6.22. The number of carbonyl (C=O) groups excluding carboxylic acids is 1. The minimum absolute atomic E-state index is 0.213. The second-order valence-corrected chi connectivity index (χ2v) is 6.22. The average molecular weight is 258 g/mol. The summed E-state index contributed by atoms with van der Waals surface area (Å²) in [6.07, 6.45) is 2.36. The molecule has 102 valence electrons. The third-order valence-corrected chi connectivity index (χ3v) is 4.68. The number of rotatable bonds is 1. The molecule has 19 heavy (non-hydrogen) atoms. The van der Waals surface area contributed by atoms with E-state index < -0.39 is 0 Å². The molecule has 0 aromatic heterocycles. The SMILES string of the molecule is Cc1ccc(C)c(C(=O)N2CCC3(CCNC3)C2)c1. The monoisotopic (exact) mass is 258 g/mol. The van der Waals surface area contributed by atoms with Gasteiger partial charge in [-0.15, -0.1) is 0 Å². The van der Waals surface area contributed by atoms with Crippen molar-refractivity contribution in [3.05, 3.63) is 34.9 Å². The van der Waals surface area contributed by atoms with Crippen molar-refractivity contribution in [2.75, 3.05) is 26.2 Å². The largest absolute Gasteiger partial charge is 0.338 e. The normalized spacial score (nSPS) is 26.3. The zero-order chi connectivity index (χ0) is 13.5. The molecule has 1 N–H and O–H groups in total. The lowest BCUT2D eigenvalue weighted by Gasteiger charge is -2.23. The number of hydrogen-bond donors (Lipinski definition) is 1. The highest BCUT2D eigenvalue weighted by Gasteiger charge is 2.42. The van der Waals surface area contributed by atoms with Gasteiger partial charge in [0.15, 0.2) is 0 Å². The zero-order valence-corrected chi connectivity index (χ0v) is 11.8. The van der Waals surface area contributed by atoms with E-state index in [2.05, 4.69) is 16.3 Å². The maximum absolute atomic E-state index is 12.7. The summed E-state index contributed by atoms with van der Waals surface area (Å²) in [4.78, 5) is 14.7. The summed E-state index contributed by atoms with van der Waals surface area (Å²) in [6.45, 7) is 8.08. The van der Waals surface area contributed by atoms with E-state index in [-0.39, 0.29) is 5.91 Å². The molecule has 0 bridgehead atoms. The molecule has 0 saturated carbocycles. The topological polar surface area (TPSA) is 32.3 Å². The second kappa shape index (κ2) is 4.64. The fourth-order valence-electron chi connectivity index (χ4n) is 3.39. The number of hydrogen-bond acceptors (Lipinski definition) is 2. The summed E-state index contributed by atoms with van der Waals surface area (Å²) in [5, 5.41) is 3.44. The van der Waals surface area contributed by atoms with Crippen LogP contribution in [0.5, 0.6) is 0 Å². The molecule has 2 heterocycles. The van der Waals surface area contributed by atoms with Gasteiger partial charge in [-0.25, -0.2) is 0 Å². The van der Waals surface area contributed by atoms with Crippen LogP contribution >= 0.6 is 0 Å². The van der Waals surface area contributed by atoms with Crippen molar-refractivity contribution in [2.45, 2.75) is 26.7 Å². The lowest BCUT2D eigenvalue weighted by molar-refractivity contribution is 0.0775. The fraction of sp³-hybridized carbons (Fsp3) is 0.562. The Morgan fingerprint density at radius 3 is 2.89 bits per heavy atom. The first-order valence-electron chi connectivity index (χ1n) is 7.17. The first-order valence-corrected chi connectivity index (χ1v) is 7.17. The molecule has 3 rings (SSSR count). The molecule has 0 aliphatic carbocycles. The highest BCUT2D eigenvalue weighted by Crippen LogP contribution is 2.36. The molecule has 2 aliphatic rings. The number of amides is 1. The highest BCUT2D eigenvalue weighted by atomic mass is 16.2. The van der Waals surface area contributed by atoms with Crippen molar-refractivity contribution < 1.29 is 4.79 Å². The summed E-state index contributed by atoms with van der Waals surface area (Å²) in [7, 11) is 0. The van der Waals surface area contributed by atoms with Crippen LogP contribution in [0.1, 0.15) is 34.3 Å². The van der Waals surface area contributed by atoms with E-state index in [0.717, 1.165) is 49.3 Å². The molecule has 1 aromatic rings. The van der Waals surface area contributed by atoms with Crippen LogP contribution in [0.25, 0.3) is 0 Å². The summed E-state index contributed by atoms with van der Waals surface area (Å²) < 4.78 is 0. The van der Waals surface area contributed by atoms with E-state index in [1.807, 2.05) is 26.0 Å². The lowest BCUT2D eigenvalue weighted by atomic mass is 9.86. The summed E-state index contributed by atoms with van der Waals surface area (Å²) in [5.41, 5.74) is 3.47. The third kappa shape index (κ3) is 2.27. The molecule has 2 saturated heterocycles. The van der Waals surface area contributed by atoms with E-state index in [1.165, 1.54) is 6.42 Å². The molecule has 1 atom stereocenters. The first-order chi connectivity index (χ1) is 9.10. The number of likely N-dealkylation sites (tertiary alicyclic amines) is 1. The number of benzene rings is 1. The summed E-state index contributed by atoms with van der Waals surface area (Å²) >= 11 is 0. The Morgan fingerprint density at radius 2 is 2.16 bits per heavy atom. The summed E-state index contributed by atoms with van der Waals surface area (Å²) in [5.74, 6) is 0.213. The van der Waals surface area contributed by atoms with Gasteiger partial charge >= 0.3 is 0 Å². The van der Waals surface area contributed by atoms with Crippen LogP contribution in [-0.4, -0.2) is 37.0 Å². The van der Waals surface area contributed by atoms with Gasteiger partial charge in [0.1, 0.15) is 0 Å². The van der Waals surface area contributed by atoms with Crippen LogP contribution in [0.4, 0.5) is 0 Å². The minimum Gasteiger partial charge on any atom is -0.338 e. The minimum atomic E-state index is 0.213. The molecular formula is C16H22N2O. The van der Waals surface area contributed by atoms with Crippen molar-refractivity contribution in [1.82, 2.24) is 10.2 Å². The Bertz CT molecular complexity index is 503. The van der Waals surface area contributed by atoms with Gasteiger partial charge in [-0.1, -0.05) is 17.7 Å². The molecule has 3 heteroatoms. The Kier molecular flexibility index (Phi) is 3.09. The number of aryl methyl sites for hydroxylation is 2. The number of carbonyl (C=O) groups is 1. The van der Waals surface area contributed by atoms with Crippen LogP contribution in [0, 0.1) is 19.3 Å². The maximum atomic E-state index is 12.7. The number of nitrogens with one attached hydrogen (secondary N) is 1. The smallest absolute Gasteiger partial charge is 0.254 e. The van der Waals surface area contributed by atoms with Crippen LogP contribution in [0.2, 0.25) is 0 Å². The van der Waals surface area contributed by atoms with Gasteiger partial charge in [-0.05, 0) is 44.9 Å². The van der Waals surface area contributed by atoms with E-state index in [4.69, 9.17) is 0 Å². The molecule has 0 radical (unpaired) electrons. The highest BCUT2D eigenvalue weighted by molar-refractivity contribution is 5.96. The molecule has 1 aromatic carbocycles. The Morgan fingerprint density at radius 1 is 1.32 bits per heavy atom. The molecular weight excluding hydrogens is 236 g/mol. The predicted molar refractivity (Wildman–Crippen MR) is 76.4 cm³/mol. The van der Waals surface area contributed by atoms with Crippen molar-refractivity contribution in [2.24, 2.45) is 5.41 Å². The van der Waals surface area contributed by atoms with Gasteiger partial charge in [0.25, 0.3) is 5.91 Å². The third-order valence-electron chi connectivity index (χ3n) is 4.68. The van der Waals surface area contributed by atoms with Crippen molar-refractivity contribution in [1.29, 1.82) is 0 Å².